The van der Waals surface area contributed by atoms with Gasteiger partial charge >= 0.3 is 0 Å². The Morgan fingerprint density at radius 1 is 1.18 bits per heavy atom. The molecule has 0 bridgehead atoms. The molecule has 2 aromatic carbocycles. The molecule has 0 aromatic heterocycles. The highest BCUT2D eigenvalue weighted by Gasteiger charge is 2.03. The van der Waals surface area contributed by atoms with E-state index in [9.17, 15) is 4.39 Å². The standard InChI is InChI=1S/C13H10BrClFN/c14-11-6-5-10(16)7-13(11)17-8-9-3-1-2-4-12(9)15/h1-7,17H,8H2. The van der Waals surface area contributed by atoms with Crippen LogP contribution in [0.4, 0.5) is 10.1 Å². The van der Waals surface area contributed by atoms with Gasteiger partial charge in [-0.1, -0.05) is 29.8 Å². The third-order valence-corrected chi connectivity index (χ3v) is 3.42. The third kappa shape index (κ3) is 3.20. The molecule has 17 heavy (non-hydrogen) atoms. The van der Waals surface area contributed by atoms with Crippen molar-refractivity contribution in [3.8, 4) is 0 Å². The molecule has 0 aliphatic carbocycles. The van der Waals surface area contributed by atoms with Crippen LogP contribution < -0.4 is 5.32 Å². The van der Waals surface area contributed by atoms with E-state index in [-0.39, 0.29) is 5.82 Å². The van der Waals surface area contributed by atoms with Crippen molar-refractivity contribution in [1.82, 2.24) is 0 Å². The third-order valence-electron chi connectivity index (χ3n) is 2.36. The maximum atomic E-state index is 13.1. The highest BCUT2D eigenvalue weighted by Crippen LogP contribution is 2.24. The molecule has 0 unspecified atom stereocenters. The molecule has 2 rings (SSSR count). The van der Waals surface area contributed by atoms with Crippen LogP contribution in [0.25, 0.3) is 0 Å². The van der Waals surface area contributed by atoms with Gasteiger partial charge in [-0.2, -0.15) is 0 Å². The quantitative estimate of drug-likeness (QED) is 0.853. The molecule has 4 heteroatoms. The minimum absolute atomic E-state index is 0.269. The minimum Gasteiger partial charge on any atom is -0.380 e. The summed E-state index contributed by atoms with van der Waals surface area (Å²) >= 11 is 9.40. The Morgan fingerprint density at radius 2 is 1.94 bits per heavy atom. The van der Waals surface area contributed by atoms with E-state index >= 15 is 0 Å². The van der Waals surface area contributed by atoms with E-state index in [0.717, 1.165) is 10.0 Å². The molecule has 0 atom stereocenters. The summed E-state index contributed by atoms with van der Waals surface area (Å²) in [7, 11) is 0. The molecule has 0 heterocycles. The van der Waals surface area contributed by atoms with Crippen molar-refractivity contribution in [2.24, 2.45) is 0 Å². The van der Waals surface area contributed by atoms with Crippen LogP contribution in [-0.4, -0.2) is 0 Å². The Bertz CT molecular complexity index is 531. The van der Waals surface area contributed by atoms with E-state index in [1.807, 2.05) is 24.3 Å². The summed E-state index contributed by atoms with van der Waals surface area (Å²) in [6.45, 7) is 0.557. The average molecular weight is 315 g/mol. The Hall–Kier alpha value is -1.06. The van der Waals surface area contributed by atoms with Gasteiger partial charge in [-0.05, 0) is 45.8 Å². The van der Waals surface area contributed by atoms with E-state index in [1.165, 1.54) is 12.1 Å². The van der Waals surface area contributed by atoms with Gasteiger partial charge in [0.15, 0.2) is 0 Å². The van der Waals surface area contributed by atoms with Crippen LogP contribution in [0.15, 0.2) is 46.9 Å². The second-order valence-electron chi connectivity index (χ2n) is 3.57. The normalized spacial score (nSPS) is 10.3. The highest BCUT2D eigenvalue weighted by molar-refractivity contribution is 9.10. The fraction of sp³-hybridized carbons (Fsp3) is 0.0769. The number of anilines is 1. The first kappa shape index (κ1) is 12.4. The van der Waals surface area contributed by atoms with Gasteiger partial charge in [0.2, 0.25) is 0 Å². The summed E-state index contributed by atoms with van der Waals surface area (Å²) in [6.07, 6.45) is 0. The van der Waals surface area contributed by atoms with Crippen molar-refractivity contribution in [2.45, 2.75) is 6.54 Å². The maximum absolute atomic E-state index is 13.1. The summed E-state index contributed by atoms with van der Waals surface area (Å²) in [6, 6.07) is 12.1. The number of hydrogen-bond donors (Lipinski definition) is 1. The molecule has 0 aliphatic heterocycles. The van der Waals surface area contributed by atoms with E-state index < -0.39 is 0 Å². The Morgan fingerprint density at radius 3 is 2.71 bits per heavy atom. The van der Waals surface area contributed by atoms with E-state index in [4.69, 9.17) is 11.6 Å². The number of hydrogen-bond acceptors (Lipinski definition) is 1. The zero-order valence-corrected chi connectivity index (χ0v) is 11.2. The zero-order chi connectivity index (χ0) is 12.3. The summed E-state index contributed by atoms with van der Waals surface area (Å²) < 4.78 is 13.9. The lowest BCUT2D eigenvalue weighted by Crippen LogP contribution is -2.01. The lowest BCUT2D eigenvalue weighted by atomic mass is 10.2. The van der Waals surface area contributed by atoms with Crippen molar-refractivity contribution in [3.63, 3.8) is 0 Å². The summed E-state index contributed by atoms with van der Waals surface area (Å²) in [4.78, 5) is 0. The minimum atomic E-state index is -0.269. The van der Waals surface area contributed by atoms with Crippen LogP contribution in [0, 0.1) is 5.82 Å². The Balaban J connectivity index is 2.12. The van der Waals surface area contributed by atoms with Crippen LogP contribution >= 0.6 is 27.5 Å². The molecule has 0 aliphatic rings. The van der Waals surface area contributed by atoms with Crippen LogP contribution in [0.3, 0.4) is 0 Å². The number of rotatable bonds is 3. The van der Waals surface area contributed by atoms with Gasteiger partial charge in [0, 0.05) is 16.0 Å². The molecule has 1 N–H and O–H groups in total. The molecule has 1 nitrogen and oxygen atoms in total. The predicted octanol–water partition coefficient (Wildman–Crippen LogP) is 4.85. The molecule has 0 radical (unpaired) electrons. The first-order valence-electron chi connectivity index (χ1n) is 5.09. The van der Waals surface area contributed by atoms with Crippen LogP contribution in [0.1, 0.15) is 5.56 Å². The van der Waals surface area contributed by atoms with Crippen LogP contribution in [0.5, 0.6) is 0 Å². The van der Waals surface area contributed by atoms with Gasteiger partial charge < -0.3 is 5.32 Å². The second-order valence-corrected chi connectivity index (χ2v) is 4.83. The van der Waals surface area contributed by atoms with Gasteiger partial charge in [0.1, 0.15) is 5.82 Å². The Labute approximate surface area is 113 Å². The number of benzene rings is 2. The van der Waals surface area contributed by atoms with E-state index in [1.54, 1.807) is 6.07 Å². The maximum Gasteiger partial charge on any atom is 0.125 e. The molecule has 0 saturated carbocycles. The fourth-order valence-corrected chi connectivity index (χ4v) is 2.05. The summed E-state index contributed by atoms with van der Waals surface area (Å²) in [5, 5.41) is 3.84. The van der Waals surface area contributed by atoms with Crippen molar-refractivity contribution >= 4 is 33.2 Å². The van der Waals surface area contributed by atoms with Gasteiger partial charge in [-0.25, -0.2) is 4.39 Å². The van der Waals surface area contributed by atoms with Crippen molar-refractivity contribution in [2.75, 3.05) is 5.32 Å². The molecular weight excluding hydrogens is 305 g/mol. The van der Waals surface area contributed by atoms with Gasteiger partial charge in [-0.3, -0.25) is 0 Å². The lowest BCUT2D eigenvalue weighted by molar-refractivity contribution is 0.628. The molecule has 0 saturated heterocycles. The van der Waals surface area contributed by atoms with E-state index in [2.05, 4.69) is 21.2 Å². The molecule has 0 spiro atoms. The first-order valence-corrected chi connectivity index (χ1v) is 6.26. The Kier molecular flexibility index (Phi) is 4.02. The van der Waals surface area contributed by atoms with Gasteiger partial charge in [0.05, 0.1) is 5.69 Å². The van der Waals surface area contributed by atoms with Crippen LogP contribution in [0.2, 0.25) is 5.02 Å². The largest absolute Gasteiger partial charge is 0.380 e. The lowest BCUT2D eigenvalue weighted by Gasteiger charge is -2.09. The molecule has 0 fully saturated rings. The average Bonchev–Trinajstić information content (AvgIpc) is 2.32. The van der Waals surface area contributed by atoms with Gasteiger partial charge in [-0.15, -0.1) is 0 Å². The zero-order valence-electron chi connectivity index (χ0n) is 8.88. The smallest absolute Gasteiger partial charge is 0.125 e. The fourth-order valence-electron chi connectivity index (χ4n) is 1.47. The first-order chi connectivity index (χ1) is 8.16. The monoisotopic (exact) mass is 313 g/mol. The highest BCUT2D eigenvalue weighted by atomic mass is 79.9. The second kappa shape index (κ2) is 5.52. The van der Waals surface area contributed by atoms with E-state index in [0.29, 0.717) is 17.3 Å². The van der Waals surface area contributed by atoms with Crippen molar-refractivity contribution < 1.29 is 4.39 Å². The predicted molar refractivity (Wildman–Crippen MR) is 72.9 cm³/mol. The molecule has 88 valence electrons. The summed E-state index contributed by atoms with van der Waals surface area (Å²) in [5.41, 5.74) is 1.69. The number of nitrogens with one attached hydrogen (secondary N) is 1. The molecule has 0 amide bonds. The van der Waals surface area contributed by atoms with Crippen molar-refractivity contribution in [3.05, 3.63) is 63.3 Å². The van der Waals surface area contributed by atoms with Gasteiger partial charge in [0.25, 0.3) is 0 Å². The van der Waals surface area contributed by atoms with Crippen molar-refractivity contribution in [1.29, 1.82) is 0 Å². The van der Waals surface area contributed by atoms with Crippen LogP contribution in [-0.2, 0) is 6.54 Å². The summed E-state index contributed by atoms with van der Waals surface area (Å²) in [5.74, 6) is -0.269. The topological polar surface area (TPSA) is 12.0 Å². The molecular formula is C13H10BrClFN. The molecule has 2 aromatic rings. The SMILES string of the molecule is Fc1ccc(Br)c(NCc2ccccc2Cl)c1. The number of halogens is 3.